The molecule has 17 heavy (non-hydrogen) atoms. The van der Waals surface area contributed by atoms with Crippen LogP contribution in [0.15, 0.2) is 12.7 Å². The van der Waals surface area contributed by atoms with Crippen molar-refractivity contribution < 1.29 is 4.74 Å². The van der Waals surface area contributed by atoms with E-state index in [1.54, 1.807) is 0 Å². The zero-order valence-electron chi connectivity index (χ0n) is 12.4. The van der Waals surface area contributed by atoms with E-state index in [2.05, 4.69) is 34.3 Å². The first-order chi connectivity index (χ1) is 8.23. The summed E-state index contributed by atoms with van der Waals surface area (Å²) in [6.45, 7) is 14.5. The summed E-state index contributed by atoms with van der Waals surface area (Å²) in [4.78, 5) is 0. The highest BCUT2D eigenvalue weighted by molar-refractivity contribution is 4.73. The van der Waals surface area contributed by atoms with E-state index in [4.69, 9.17) is 4.74 Å². The third kappa shape index (κ3) is 6.88. The van der Waals surface area contributed by atoms with Crippen LogP contribution in [0.25, 0.3) is 0 Å². The Hall–Kier alpha value is -0.300. The summed E-state index contributed by atoms with van der Waals surface area (Å²) in [5.74, 6) is 2.42. The quantitative estimate of drug-likeness (QED) is 0.362. The SMILES string of the molecule is C=CCOCC(CC(CC)CC)C(CC)CC. The largest absolute Gasteiger partial charge is 0.377 e. The Morgan fingerprint density at radius 3 is 1.94 bits per heavy atom. The minimum absolute atomic E-state index is 0.694. The number of hydrogen-bond donors (Lipinski definition) is 0. The molecule has 0 radical (unpaired) electrons. The Labute approximate surface area is 109 Å². The van der Waals surface area contributed by atoms with Crippen LogP contribution in [0, 0.1) is 17.8 Å². The van der Waals surface area contributed by atoms with Crippen molar-refractivity contribution in [1.29, 1.82) is 0 Å². The predicted octanol–water partition coefficient (Wildman–Crippen LogP) is 5.07. The third-order valence-electron chi connectivity index (χ3n) is 4.07. The van der Waals surface area contributed by atoms with E-state index in [0.717, 1.165) is 24.4 Å². The van der Waals surface area contributed by atoms with E-state index in [-0.39, 0.29) is 0 Å². The first-order valence-electron chi connectivity index (χ1n) is 7.41. The number of ether oxygens (including phenoxy) is 1. The molecule has 0 bridgehead atoms. The molecule has 0 N–H and O–H groups in total. The zero-order chi connectivity index (χ0) is 13.1. The van der Waals surface area contributed by atoms with Gasteiger partial charge in [-0.1, -0.05) is 59.5 Å². The van der Waals surface area contributed by atoms with E-state index in [9.17, 15) is 0 Å². The molecule has 1 heteroatoms. The lowest BCUT2D eigenvalue weighted by molar-refractivity contribution is 0.0781. The molecule has 0 aromatic rings. The van der Waals surface area contributed by atoms with Crippen LogP contribution in [0.3, 0.4) is 0 Å². The van der Waals surface area contributed by atoms with Crippen LogP contribution in [0.4, 0.5) is 0 Å². The predicted molar refractivity (Wildman–Crippen MR) is 77.3 cm³/mol. The molecule has 0 aromatic carbocycles. The van der Waals surface area contributed by atoms with Gasteiger partial charge in [0.15, 0.2) is 0 Å². The van der Waals surface area contributed by atoms with Crippen LogP contribution in [-0.2, 0) is 4.74 Å². The summed E-state index contributed by atoms with van der Waals surface area (Å²) in [6.07, 6.45) is 8.33. The molecule has 0 saturated heterocycles. The Bertz CT molecular complexity index is 168. The molecule has 0 rings (SSSR count). The van der Waals surface area contributed by atoms with Crippen LogP contribution in [0.1, 0.15) is 59.8 Å². The van der Waals surface area contributed by atoms with Crippen molar-refractivity contribution >= 4 is 0 Å². The second-order valence-corrected chi connectivity index (χ2v) is 5.08. The van der Waals surface area contributed by atoms with Crippen LogP contribution in [0.5, 0.6) is 0 Å². The van der Waals surface area contributed by atoms with Crippen molar-refractivity contribution in [3.63, 3.8) is 0 Å². The highest BCUT2D eigenvalue weighted by Gasteiger charge is 2.21. The van der Waals surface area contributed by atoms with Gasteiger partial charge < -0.3 is 4.74 Å². The maximum atomic E-state index is 5.70. The first-order valence-corrected chi connectivity index (χ1v) is 7.41. The smallest absolute Gasteiger partial charge is 0.0644 e. The van der Waals surface area contributed by atoms with Gasteiger partial charge in [0.05, 0.1) is 13.2 Å². The Morgan fingerprint density at radius 1 is 0.941 bits per heavy atom. The summed E-state index contributed by atoms with van der Waals surface area (Å²) in [7, 11) is 0. The lowest BCUT2D eigenvalue weighted by atomic mass is 9.80. The number of hydrogen-bond acceptors (Lipinski definition) is 1. The highest BCUT2D eigenvalue weighted by atomic mass is 16.5. The first kappa shape index (κ1) is 16.7. The second-order valence-electron chi connectivity index (χ2n) is 5.08. The van der Waals surface area contributed by atoms with Crippen LogP contribution in [0.2, 0.25) is 0 Å². The molecule has 0 amide bonds. The van der Waals surface area contributed by atoms with Crippen LogP contribution >= 0.6 is 0 Å². The van der Waals surface area contributed by atoms with E-state index in [0.29, 0.717) is 6.61 Å². The molecule has 1 unspecified atom stereocenters. The average molecular weight is 240 g/mol. The fraction of sp³-hybridized carbons (Fsp3) is 0.875. The molecular formula is C16H32O. The van der Waals surface area contributed by atoms with Crippen molar-refractivity contribution in [3.8, 4) is 0 Å². The van der Waals surface area contributed by atoms with Gasteiger partial charge in [-0.15, -0.1) is 6.58 Å². The molecule has 102 valence electrons. The van der Waals surface area contributed by atoms with Gasteiger partial charge in [-0.2, -0.15) is 0 Å². The molecule has 0 saturated carbocycles. The zero-order valence-corrected chi connectivity index (χ0v) is 12.4. The van der Waals surface area contributed by atoms with Gasteiger partial charge in [-0.25, -0.2) is 0 Å². The summed E-state index contributed by atoms with van der Waals surface area (Å²) < 4.78 is 5.70. The molecule has 1 atom stereocenters. The molecular weight excluding hydrogens is 208 g/mol. The van der Waals surface area contributed by atoms with E-state index in [1.807, 2.05) is 6.08 Å². The van der Waals surface area contributed by atoms with Gasteiger partial charge in [-0.3, -0.25) is 0 Å². The summed E-state index contributed by atoms with van der Waals surface area (Å²) in [6, 6.07) is 0. The summed E-state index contributed by atoms with van der Waals surface area (Å²) in [5.41, 5.74) is 0. The molecule has 0 aliphatic heterocycles. The lowest BCUT2D eigenvalue weighted by Crippen LogP contribution is -2.22. The van der Waals surface area contributed by atoms with Crippen LogP contribution in [-0.4, -0.2) is 13.2 Å². The minimum Gasteiger partial charge on any atom is -0.377 e. The van der Waals surface area contributed by atoms with Gasteiger partial charge >= 0.3 is 0 Å². The van der Waals surface area contributed by atoms with Crippen molar-refractivity contribution in [2.24, 2.45) is 17.8 Å². The lowest BCUT2D eigenvalue weighted by Gasteiger charge is -2.28. The molecule has 0 heterocycles. The molecule has 1 nitrogen and oxygen atoms in total. The van der Waals surface area contributed by atoms with Gasteiger partial charge in [0.2, 0.25) is 0 Å². The third-order valence-corrected chi connectivity index (χ3v) is 4.07. The Kier molecular flexibility index (Phi) is 10.6. The maximum Gasteiger partial charge on any atom is 0.0644 e. The topological polar surface area (TPSA) is 9.23 Å². The Morgan fingerprint density at radius 2 is 1.53 bits per heavy atom. The molecule has 0 spiro atoms. The van der Waals surface area contributed by atoms with Gasteiger partial charge in [-0.05, 0) is 24.2 Å². The van der Waals surface area contributed by atoms with E-state index >= 15 is 0 Å². The van der Waals surface area contributed by atoms with Crippen molar-refractivity contribution in [2.45, 2.75) is 59.8 Å². The number of rotatable bonds is 11. The average Bonchev–Trinajstić information content (AvgIpc) is 2.36. The highest BCUT2D eigenvalue weighted by Crippen LogP contribution is 2.29. The molecule has 0 aliphatic rings. The van der Waals surface area contributed by atoms with E-state index < -0.39 is 0 Å². The van der Waals surface area contributed by atoms with Gasteiger partial charge in [0.25, 0.3) is 0 Å². The van der Waals surface area contributed by atoms with Crippen LogP contribution < -0.4 is 0 Å². The van der Waals surface area contributed by atoms with Crippen molar-refractivity contribution in [3.05, 3.63) is 12.7 Å². The summed E-state index contributed by atoms with van der Waals surface area (Å²) in [5, 5.41) is 0. The Balaban J connectivity index is 4.31. The van der Waals surface area contributed by atoms with Gasteiger partial charge in [0.1, 0.15) is 0 Å². The maximum absolute atomic E-state index is 5.70. The summed E-state index contributed by atoms with van der Waals surface area (Å²) >= 11 is 0. The monoisotopic (exact) mass is 240 g/mol. The van der Waals surface area contributed by atoms with Gasteiger partial charge in [0, 0.05) is 0 Å². The van der Waals surface area contributed by atoms with Crippen molar-refractivity contribution in [1.82, 2.24) is 0 Å². The fourth-order valence-corrected chi connectivity index (χ4v) is 2.70. The fourth-order valence-electron chi connectivity index (χ4n) is 2.70. The molecule has 0 aliphatic carbocycles. The normalized spacial score (nSPS) is 13.3. The standard InChI is InChI=1S/C16H32O/c1-6-11-17-13-16(15(9-4)10-5)12-14(7-2)8-3/h6,14-16H,1,7-13H2,2-5H3. The van der Waals surface area contributed by atoms with E-state index in [1.165, 1.54) is 32.1 Å². The molecule has 0 aromatic heterocycles. The van der Waals surface area contributed by atoms with Crippen molar-refractivity contribution in [2.75, 3.05) is 13.2 Å². The second kappa shape index (κ2) is 10.8. The molecule has 0 fully saturated rings. The minimum atomic E-state index is 0.694.